The Labute approximate surface area is 149 Å². The van der Waals surface area contributed by atoms with Crippen LogP contribution in [0.3, 0.4) is 0 Å². The number of aliphatic hydroxyl groups is 1. The molecule has 0 bridgehead atoms. The van der Waals surface area contributed by atoms with Gasteiger partial charge in [-0.2, -0.15) is 0 Å². The van der Waals surface area contributed by atoms with Gasteiger partial charge in [-0.25, -0.2) is 0 Å². The van der Waals surface area contributed by atoms with Crippen LogP contribution in [-0.4, -0.2) is 10.2 Å². The third-order valence-corrected chi connectivity index (χ3v) is 7.48. The van der Waals surface area contributed by atoms with Crippen molar-refractivity contribution in [3.8, 4) is 5.75 Å². The number of aromatic hydroxyl groups is 1. The summed E-state index contributed by atoms with van der Waals surface area (Å²) in [6.45, 7) is 0. The first-order valence-corrected chi connectivity index (χ1v) is 9.98. The van der Waals surface area contributed by atoms with Crippen LogP contribution in [0.4, 0.5) is 0 Å². The molecule has 0 saturated carbocycles. The van der Waals surface area contributed by atoms with Crippen molar-refractivity contribution in [3.63, 3.8) is 0 Å². The fourth-order valence-electron chi connectivity index (χ4n) is 2.66. The summed E-state index contributed by atoms with van der Waals surface area (Å²) in [5.41, 5.74) is 0.236. The standard InChI is InChI=1S/C19H16BrO3P/c20-14-11-12-18(21)17(13-14)19(22)24(23,15-7-3-1-4-8-15)16-9-5-2-6-10-16/h1-13,19,21-22H/t19-/m1/s1. The summed E-state index contributed by atoms with van der Waals surface area (Å²) in [4.78, 5) is 0. The van der Waals surface area contributed by atoms with Crippen LogP contribution in [0, 0.1) is 0 Å². The van der Waals surface area contributed by atoms with Gasteiger partial charge in [0, 0.05) is 20.6 Å². The number of phenolic OH excluding ortho intramolecular Hbond substituents is 1. The minimum atomic E-state index is -3.41. The van der Waals surface area contributed by atoms with E-state index in [2.05, 4.69) is 15.9 Å². The molecule has 0 radical (unpaired) electrons. The molecule has 1 atom stereocenters. The molecule has 3 aromatic rings. The fourth-order valence-corrected chi connectivity index (χ4v) is 5.73. The molecular formula is C19H16BrO3P. The maximum atomic E-state index is 14.0. The van der Waals surface area contributed by atoms with Gasteiger partial charge in [-0.15, -0.1) is 0 Å². The van der Waals surface area contributed by atoms with Crippen molar-refractivity contribution in [3.05, 3.63) is 88.9 Å². The Morgan fingerprint density at radius 3 is 1.83 bits per heavy atom. The summed E-state index contributed by atoms with van der Waals surface area (Å²) in [6.07, 6.45) is 0. The van der Waals surface area contributed by atoms with Gasteiger partial charge in [0.05, 0.1) is 0 Å². The van der Waals surface area contributed by atoms with Crippen molar-refractivity contribution < 1.29 is 14.8 Å². The van der Waals surface area contributed by atoms with Crippen LogP contribution in [0.15, 0.2) is 83.3 Å². The molecule has 0 saturated heterocycles. The average molecular weight is 403 g/mol. The Kier molecular flexibility index (Phi) is 4.91. The lowest BCUT2D eigenvalue weighted by Gasteiger charge is -2.25. The average Bonchev–Trinajstić information content (AvgIpc) is 2.64. The van der Waals surface area contributed by atoms with Gasteiger partial charge in [-0.05, 0) is 18.2 Å². The Morgan fingerprint density at radius 1 is 0.833 bits per heavy atom. The summed E-state index contributed by atoms with van der Waals surface area (Å²) in [5.74, 6) is -1.43. The molecule has 0 unspecified atom stereocenters. The first-order chi connectivity index (χ1) is 11.5. The zero-order chi connectivity index (χ0) is 17.2. The van der Waals surface area contributed by atoms with E-state index in [0.29, 0.717) is 15.1 Å². The Bertz CT molecular complexity index is 838. The molecule has 3 nitrogen and oxygen atoms in total. The molecule has 0 amide bonds. The molecule has 0 aromatic heterocycles. The third-order valence-electron chi connectivity index (χ3n) is 3.89. The first-order valence-electron chi connectivity index (χ1n) is 7.41. The zero-order valence-corrected chi connectivity index (χ0v) is 15.2. The van der Waals surface area contributed by atoms with Crippen molar-refractivity contribution in [1.29, 1.82) is 0 Å². The Hall–Kier alpha value is -1.87. The SMILES string of the molecule is O=P(c1ccccc1)(c1ccccc1)[C@@H](O)c1cc(Br)ccc1O. The number of benzene rings is 3. The highest BCUT2D eigenvalue weighted by Crippen LogP contribution is 2.57. The lowest BCUT2D eigenvalue weighted by molar-refractivity contribution is 0.251. The van der Waals surface area contributed by atoms with Crippen LogP contribution in [0.5, 0.6) is 5.75 Å². The molecule has 0 fully saturated rings. The van der Waals surface area contributed by atoms with E-state index in [1.54, 1.807) is 60.7 Å². The van der Waals surface area contributed by atoms with Crippen molar-refractivity contribution in [2.24, 2.45) is 0 Å². The highest BCUT2D eigenvalue weighted by molar-refractivity contribution is 9.10. The molecule has 3 rings (SSSR count). The van der Waals surface area contributed by atoms with E-state index in [4.69, 9.17) is 0 Å². The largest absolute Gasteiger partial charge is 0.508 e. The molecule has 0 aliphatic rings. The van der Waals surface area contributed by atoms with Crippen molar-refractivity contribution in [1.82, 2.24) is 0 Å². The van der Waals surface area contributed by atoms with Crippen molar-refractivity contribution in [2.75, 3.05) is 0 Å². The minimum Gasteiger partial charge on any atom is -0.508 e. The van der Waals surface area contributed by atoms with E-state index in [-0.39, 0.29) is 11.3 Å². The molecule has 2 N–H and O–H groups in total. The van der Waals surface area contributed by atoms with Crippen LogP contribution < -0.4 is 10.6 Å². The van der Waals surface area contributed by atoms with Gasteiger partial charge in [0.2, 0.25) is 0 Å². The van der Waals surface area contributed by atoms with E-state index >= 15 is 0 Å². The van der Waals surface area contributed by atoms with Crippen LogP contribution in [0.2, 0.25) is 0 Å². The predicted octanol–water partition coefficient (Wildman–Crippen LogP) is 4.16. The van der Waals surface area contributed by atoms with E-state index < -0.39 is 13.0 Å². The number of rotatable bonds is 4. The Morgan fingerprint density at radius 2 is 1.33 bits per heavy atom. The van der Waals surface area contributed by atoms with Gasteiger partial charge in [0.15, 0.2) is 7.14 Å². The lowest BCUT2D eigenvalue weighted by atomic mass is 10.2. The van der Waals surface area contributed by atoms with E-state index in [1.807, 2.05) is 12.1 Å². The number of halogens is 1. The predicted molar refractivity (Wildman–Crippen MR) is 101 cm³/mol. The summed E-state index contributed by atoms with van der Waals surface area (Å²) < 4.78 is 14.7. The molecule has 122 valence electrons. The Balaban J connectivity index is 2.23. The van der Waals surface area contributed by atoms with Crippen LogP contribution in [-0.2, 0) is 4.57 Å². The second kappa shape index (κ2) is 6.94. The van der Waals surface area contributed by atoms with Gasteiger partial charge in [0.25, 0.3) is 0 Å². The van der Waals surface area contributed by atoms with Crippen molar-refractivity contribution in [2.45, 2.75) is 5.85 Å². The molecule has 5 heteroatoms. The number of hydrogen-bond acceptors (Lipinski definition) is 3. The summed E-state index contributed by atoms with van der Waals surface area (Å²) in [5, 5.41) is 22.3. The molecule has 0 aliphatic carbocycles. The molecule has 3 aromatic carbocycles. The molecular weight excluding hydrogens is 387 g/mol. The molecule has 0 heterocycles. The van der Waals surface area contributed by atoms with Crippen LogP contribution in [0.25, 0.3) is 0 Å². The van der Waals surface area contributed by atoms with Gasteiger partial charge in [-0.3, -0.25) is 0 Å². The normalized spacial score (nSPS) is 12.8. The highest BCUT2D eigenvalue weighted by Gasteiger charge is 2.37. The smallest absolute Gasteiger partial charge is 0.174 e. The maximum absolute atomic E-state index is 14.0. The lowest BCUT2D eigenvalue weighted by Crippen LogP contribution is -2.21. The van der Waals surface area contributed by atoms with E-state index in [0.717, 1.165) is 0 Å². The second-order valence-corrected chi connectivity index (χ2v) is 9.16. The first kappa shape index (κ1) is 17.0. The van der Waals surface area contributed by atoms with Crippen LogP contribution in [0.1, 0.15) is 11.4 Å². The third kappa shape index (κ3) is 3.05. The zero-order valence-electron chi connectivity index (χ0n) is 12.7. The fraction of sp³-hybridized carbons (Fsp3) is 0.0526. The van der Waals surface area contributed by atoms with Crippen LogP contribution >= 0.6 is 23.1 Å². The maximum Gasteiger partial charge on any atom is 0.174 e. The van der Waals surface area contributed by atoms with Crippen molar-refractivity contribution >= 4 is 33.7 Å². The van der Waals surface area contributed by atoms with Gasteiger partial charge < -0.3 is 14.8 Å². The van der Waals surface area contributed by atoms with Gasteiger partial charge >= 0.3 is 0 Å². The number of hydrogen-bond donors (Lipinski definition) is 2. The monoisotopic (exact) mass is 402 g/mol. The van der Waals surface area contributed by atoms with E-state index in [9.17, 15) is 14.8 Å². The number of aliphatic hydroxyl groups excluding tert-OH is 1. The number of phenols is 1. The van der Waals surface area contributed by atoms with Gasteiger partial charge in [-0.1, -0.05) is 76.6 Å². The molecule has 0 spiro atoms. The van der Waals surface area contributed by atoms with E-state index in [1.165, 1.54) is 6.07 Å². The molecule has 0 aliphatic heterocycles. The topological polar surface area (TPSA) is 57.5 Å². The summed E-state index contributed by atoms with van der Waals surface area (Å²) in [7, 11) is -3.41. The quantitative estimate of drug-likeness (QED) is 0.644. The van der Waals surface area contributed by atoms with Gasteiger partial charge in [0.1, 0.15) is 11.6 Å². The minimum absolute atomic E-state index is 0.0854. The highest BCUT2D eigenvalue weighted by atomic mass is 79.9. The summed E-state index contributed by atoms with van der Waals surface area (Å²) in [6, 6.07) is 22.5. The summed E-state index contributed by atoms with van der Waals surface area (Å²) >= 11 is 3.33. The molecule has 24 heavy (non-hydrogen) atoms. The second-order valence-electron chi connectivity index (χ2n) is 5.41.